The summed E-state index contributed by atoms with van der Waals surface area (Å²) in [6.45, 7) is 0. The Balaban J connectivity index is 1.95. The number of hydrogen-bond donors (Lipinski definition) is 1. The van der Waals surface area contributed by atoms with E-state index in [2.05, 4.69) is 15.1 Å². The Kier molecular flexibility index (Phi) is 1.57. The van der Waals surface area contributed by atoms with E-state index in [1.807, 2.05) is 5.38 Å². The number of aromatic nitrogens is 3. The predicted octanol–water partition coefficient (Wildman–Crippen LogP) is 1.65. The van der Waals surface area contributed by atoms with E-state index >= 15 is 0 Å². The molecule has 3 rings (SSSR count). The fraction of sp³-hybridized carbons (Fsp3) is 0.375. The van der Waals surface area contributed by atoms with E-state index in [0.29, 0.717) is 22.6 Å². The second-order valence-electron chi connectivity index (χ2n) is 3.30. The maximum Gasteiger partial charge on any atom is 0.277 e. The number of hydrogen-bond acceptors (Lipinski definition) is 6. The summed E-state index contributed by atoms with van der Waals surface area (Å²) in [4.78, 5) is 8.34. The van der Waals surface area contributed by atoms with Crippen LogP contribution in [0, 0.1) is 0 Å². The van der Waals surface area contributed by atoms with Crippen LogP contribution in [0.4, 0.5) is 5.13 Å². The molecule has 2 N–H and O–H groups in total. The van der Waals surface area contributed by atoms with E-state index in [4.69, 9.17) is 10.3 Å². The molecular formula is C8H8N4OS. The molecule has 14 heavy (non-hydrogen) atoms. The van der Waals surface area contributed by atoms with Gasteiger partial charge in [0.25, 0.3) is 5.89 Å². The van der Waals surface area contributed by atoms with Crippen molar-refractivity contribution in [3.8, 4) is 11.6 Å². The lowest BCUT2D eigenvalue weighted by atomic mass is 10.4. The summed E-state index contributed by atoms with van der Waals surface area (Å²) in [5.41, 5.74) is 6.19. The van der Waals surface area contributed by atoms with Crippen molar-refractivity contribution in [3.63, 3.8) is 0 Å². The van der Waals surface area contributed by atoms with Gasteiger partial charge in [-0.2, -0.15) is 4.98 Å². The number of nitrogens with two attached hydrogens (primary N) is 1. The predicted molar refractivity (Wildman–Crippen MR) is 51.8 cm³/mol. The van der Waals surface area contributed by atoms with Gasteiger partial charge in [-0.3, -0.25) is 0 Å². The van der Waals surface area contributed by atoms with Gasteiger partial charge in [-0.05, 0) is 12.8 Å². The van der Waals surface area contributed by atoms with E-state index < -0.39 is 0 Å². The highest BCUT2D eigenvalue weighted by Gasteiger charge is 2.29. The molecule has 0 radical (unpaired) electrons. The highest BCUT2D eigenvalue weighted by molar-refractivity contribution is 7.13. The van der Waals surface area contributed by atoms with Gasteiger partial charge >= 0.3 is 0 Å². The normalized spacial score (nSPS) is 16.0. The molecule has 6 heteroatoms. The number of nitrogen functional groups attached to an aromatic ring is 1. The fourth-order valence-electron chi connectivity index (χ4n) is 1.23. The minimum Gasteiger partial charge on any atom is -0.375 e. The first-order valence-corrected chi connectivity index (χ1v) is 5.26. The molecule has 0 amide bonds. The van der Waals surface area contributed by atoms with Crippen LogP contribution in [0.2, 0.25) is 0 Å². The maximum absolute atomic E-state index is 5.51. The van der Waals surface area contributed by atoms with Crippen molar-refractivity contribution >= 4 is 16.5 Å². The summed E-state index contributed by atoms with van der Waals surface area (Å²) >= 11 is 1.37. The topological polar surface area (TPSA) is 77.8 Å². The molecule has 0 atom stereocenters. The third-order valence-corrected chi connectivity index (χ3v) is 2.80. The van der Waals surface area contributed by atoms with Crippen molar-refractivity contribution in [1.29, 1.82) is 0 Å². The summed E-state index contributed by atoms with van der Waals surface area (Å²) in [6.07, 6.45) is 2.33. The van der Waals surface area contributed by atoms with Crippen LogP contribution in [0.3, 0.4) is 0 Å². The van der Waals surface area contributed by atoms with Gasteiger partial charge in [0.15, 0.2) is 11.0 Å². The fourth-order valence-corrected chi connectivity index (χ4v) is 1.77. The molecular weight excluding hydrogens is 200 g/mol. The first-order chi connectivity index (χ1) is 6.83. The molecule has 1 fully saturated rings. The van der Waals surface area contributed by atoms with Crippen molar-refractivity contribution in [2.24, 2.45) is 0 Å². The minimum atomic E-state index is 0.472. The van der Waals surface area contributed by atoms with Crippen molar-refractivity contribution in [3.05, 3.63) is 11.2 Å². The first kappa shape index (κ1) is 7.93. The van der Waals surface area contributed by atoms with E-state index in [1.165, 1.54) is 11.3 Å². The molecule has 0 spiro atoms. The third kappa shape index (κ3) is 1.27. The molecule has 0 aliphatic heterocycles. The first-order valence-electron chi connectivity index (χ1n) is 4.38. The smallest absolute Gasteiger partial charge is 0.277 e. The lowest BCUT2D eigenvalue weighted by Gasteiger charge is -1.82. The second kappa shape index (κ2) is 2.78. The lowest BCUT2D eigenvalue weighted by molar-refractivity contribution is 0.422. The van der Waals surface area contributed by atoms with Crippen LogP contribution in [0.25, 0.3) is 11.6 Å². The summed E-state index contributed by atoms with van der Waals surface area (Å²) in [5, 5.41) is 6.24. The van der Waals surface area contributed by atoms with Gasteiger partial charge in [0.05, 0.1) is 0 Å². The van der Waals surface area contributed by atoms with Gasteiger partial charge in [0, 0.05) is 11.3 Å². The zero-order valence-corrected chi connectivity index (χ0v) is 8.12. The Labute approximate surface area is 84.0 Å². The lowest BCUT2D eigenvalue weighted by Crippen LogP contribution is -1.84. The Bertz CT molecular complexity index is 459. The van der Waals surface area contributed by atoms with Crippen LogP contribution in [-0.4, -0.2) is 15.1 Å². The van der Waals surface area contributed by atoms with Crippen LogP contribution in [0.15, 0.2) is 9.90 Å². The molecule has 0 saturated heterocycles. The molecule has 2 heterocycles. The van der Waals surface area contributed by atoms with Crippen LogP contribution < -0.4 is 5.73 Å². The highest BCUT2D eigenvalue weighted by Crippen LogP contribution is 2.38. The SMILES string of the molecule is Nc1nc(-c2nc(C3CC3)no2)cs1. The molecule has 2 aromatic rings. The maximum atomic E-state index is 5.51. The van der Waals surface area contributed by atoms with Gasteiger partial charge in [-0.25, -0.2) is 4.98 Å². The van der Waals surface area contributed by atoms with Gasteiger partial charge in [-0.15, -0.1) is 11.3 Å². The van der Waals surface area contributed by atoms with Crippen molar-refractivity contribution in [2.45, 2.75) is 18.8 Å². The summed E-state index contributed by atoms with van der Waals surface area (Å²) in [5.74, 6) is 1.77. The molecule has 0 aromatic carbocycles. The molecule has 1 saturated carbocycles. The number of nitrogens with zero attached hydrogens (tertiary/aromatic N) is 3. The largest absolute Gasteiger partial charge is 0.375 e. The van der Waals surface area contributed by atoms with Crippen LogP contribution in [0.1, 0.15) is 24.6 Å². The monoisotopic (exact) mass is 208 g/mol. The highest BCUT2D eigenvalue weighted by atomic mass is 32.1. The molecule has 0 bridgehead atoms. The van der Waals surface area contributed by atoms with E-state index in [1.54, 1.807) is 0 Å². The molecule has 2 aromatic heterocycles. The number of rotatable bonds is 2. The number of thiazole rings is 1. The van der Waals surface area contributed by atoms with Crippen molar-refractivity contribution in [2.75, 3.05) is 5.73 Å². The molecule has 0 unspecified atom stereocenters. The zero-order valence-electron chi connectivity index (χ0n) is 7.30. The Morgan fingerprint density at radius 2 is 2.29 bits per heavy atom. The van der Waals surface area contributed by atoms with E-state index in [-0.39, 0.29) is 0 Å². The molecule has 72 valence electrons. The Morgan fingerprint density at radius 3 is 2.93 bits per heavy atom. The summed E-state index contributed by atoms with van der Waals surface area (Å²) in [6, 6.07) is 0. The zero-order chi connectivity index (χ0) is 9.54. The number of anilines is 1. The van der Waals surface area contributed by atoms with Gasteiger partial charge in [-0.1, -0.05) is 5.16 Å². The van der Waals surface area contributed by atoms with Gasteiger partial charge in [0.1, 0.15) is 5.69 Å². The van der Waals surface area contributed by atoms with Gasteiger partial charge < -0.3 is 10.3 Å². The van der Waals surface area contributed by atoms with Gasteiger partial charge in [0.2, 0.25) is 0 Å². The third-order valence-electron chi connectivity index (χ3n) is 2.13. The standard InChI is InChI=1S/C8H8N4OS/c9-8-10-5(3-14-8)7-11-6(12-13-7)4-1-2-4/h3-4H,1-2H2,(H2,9,10). The van der Waals surface area contributed by atoms with Crippen LogP contribution in [-0.2, 0) is 0 Å². The Hall–Kier alpha value is -1.43. The second-order valence-corrected chi connectivity index (χ2v) is 4.19. The average molecular weight is 208 g/mol. The molecule has 1 aliphatic carbocycles. The van der Waals surface area contributed by atoms with Crippen LogP contribution >= 0.6 is 11.3 Å². The summed E-state index contributed by atoms with van der Waals surface area (Å²) in [7, 11) is 0. The molecule has 1 aliphatic rings. The van der Waals surface area contributed by atoms with Crippen molar-refractivity contribution < 1.29 is 4.52 Å². The average Bonchev–Trinajstić information content (AvgIpc) is 2.76. The minimum absolute atomic E-state index is 0.472. The van der Waals surface area contributed by atoms with E-state index in [9.17, 15) is 0 Å². The van der Waals surface area contributed by atoms with Crippen molar-refractivity contribution in [1.82, 2.24) is 15.1 Å². The Morgan fingerprint density at radius 1 is 1.43 bits per heavy atom. The molecule has 5 nitrogen and oxygen atoms in total. The summed E-state index contributed by atoms with van der Waals surface area (Å²) < 4.78 is 5.09. The quantitative estimate of drug-likeness (QED) is 0.811. The van der Waals surface area contributed by atoms with E-state index in [0.717, 1.165) is 18.7 Å². The van der Waals surface area contributed by atoms with Crippen LogP contribution in [0.5, 0.6) is 0 Å².